The molecule has 212 valence electrons. The van der Waals surface area contributed by atoms with Gasteiger partial charge in [-0.15, -0.1) is 0 Å². The minimum atomic E-state index is -0.977. The van der Waals surface area contributed by atoms with E-state index in [-0.39, 0.29) is 17.2 Å². The van der Waals surface area contributed by atoms with Crippen LogP contribution in [-0.2, 0) is 22.4 Å². The molecule has 1 saturated carbocycles. The summed E-state index contributed by atoms with van der Waals surface area (Å²) in [6.45, 7) is 7.88. The number of aromatic nitrogens is 1. The van der Waals surface area contributed by atoms with Gasteiger partial charge in [0.1, 0.15) is 24.2 Å². The standard InChI is InChI=1S/C31H44N4O4/c1-31(2)21-24(22-31)29(36)34-27(30(37)38)15-18-35(19-20-39-26-11-4-3-5-12-26)17-7-6-10-25-14-13-23-9-8-16-32-28(23)33-25/h3-5,11-14,24,27H,6-10,15-22H2,1-2H3,(H,32,33)(H,34,36)(H,37,38)/t27-/m0/s1. The number of anilines is 1. The molecule has 1 atom stereocenters. The number of carboxylic acid groups (broad SMARTS) is 1. The smallest absolute Gasteiger partial charge is 0.326 e. The Morgan fingerprint density at radius 1 is 1.13 bits per heavy atom. The first-order chi connectivity index (χ1) is 18.8. The molecule has 2 heterocycles. The molecule has 1 aromatic carbocycles. The second-order valence-electron chi connectivity index (χ2n) is 11.8. The minimum absolute atomic E-state index is 0.0790. The summed E-state index contributed by atoms with van der Waals surface area (Å²) >= 11 is 0. The number of nitrogens with one attached hydrogen (secondary N) is 2. The second kappa shape index (κ2) is 13.8. The molecule has 8 nitrogen and oxygen atoms in total. The molecule has 1 aromatic heterocycles. The van der Waals surface area contributed by atoms with Crippen LogP contribution in [0.3, 0.4) is 0 Å². The summed E-state index contributed by atoms with van der Waals surface area (Å²) < 4.78 is 5.91. The molecule has 0 radical (unpaired) electrons. The lowest BCUT2D eigenvalue weighted by Crippen LogP contribution is -2.49. The van der Waals surface area contributed by atoms with Crippen LogP contribution in [0.2, 0.25) is 0 Å². The highest BCUT2D eigenvalue weighted by molar-refractivity contribution is 5.85. The lowest BCUT2D eigenvalue weighted by molar-refractivity contribution is -0.144. The molecule has 2 aliphatic rings. The lowest BCUT2D eigenvalue weighted by Gasteiger charge is -2.41. The fraction of sp³-hybridized carbons (Fsp3) is 0.581. The van der Waals surface area contributed by atoms with Gasteiger partial charge in [0.05, 0.1) is 0 Å². The molecule has 2 aromatic rings. The molecule has 1 aliphatic carbocycles. The van der Waals surface area contributed by atoms with Crippen molar-refractivity contribution in [1.29, 1.82) is 0 Å². The average molecular weight is 537 g/mol. The third-order valence-corrected chi connectivity index (χ3v) is 7.85. The molecule has 0 bridgehead atoms. The van der Waals surface area contributed by atoms with Crippen LogP contribution in [0, 0.1) is 11.3 Å². The highest BCUT2D eigenvalue weighted by Gasteiger charge is 2.41. The number of carbonyl (C=O) groups excluding carboxylic acids is 1. The molecule has 4 rings (SSSR count). The van der Waals surface area contributed by atoms with Crippen molar-refractivity contribution in [2.75, 3.05) is 38.1 Å². The minimum Gasteiger partial charge on any atom is -0.492 e. The van der Waals surface area contributed by atoms with E-state index in [9.17, 15) is 14.7 Å². The van der Waals surface area contributed by atoms with Crippen LogP contribution in [0.5, 0.6) is 5.75 Å². The van der Waals surface area contributed by atoms with Gasteiger partial charge in [0.2, 0.25) is 5.91 Å². The van der Waals surface area contributed by atoms with Crippen molar-refractivity contribution in [3.63, 3.8) is 0 Å². The van der Waals surface area contributed by atoms with Gasteiger partial charge in [0, 0.05) is 31.2 Å². The Bertz CT molecular complexity index is 1080. The van der Waals surface area contributed by atoms with Crippen molar-refractivity contribution >= 4 is 17.7 Å². The number of aliphatic carboxylic acids is 1. The number of para-hydroxylation sites is 1. The zero-order valence-corrected chi connectivity index (χ0v) is 23.5. The summed E-state index contributed by atoms with van der Waals surface area (Å²) in [6, 6.07) is 13.2. The van der Waals surface area contributed by atoms with Gasteiger partial charge >= 0.3 is 5.97 Å². The summed E-state index contributed by atoms with van der Waals surface area (Å²) in [5.74, 6) is 0.668. The number of carboxylic acids is 1. The van der Waals surface area contributed by atoms with Crippen LogP contribution in [0.15, 0.2) is 42.5 Å². The number of ether oxygens (including phenoxy) is 1. The Labute approximate surface area is 232 Å². The van der Waals surface area contributed by atoms with Crippen LogP contribution in [0.4, 0.5) is 5.82 Å². The van der Waals surface area contributed by atoms with Gasteiger partial charge < -0.3 is 20.5 Å². The number of hydrogen-bond acceptors (Lipinski definition) is 6. The van der Waals surface area contributed by atoms with E-state index < -0.39 is 12.0 Å². The van der Waals surface area contributed by atoms with Gasteiger partial charge in [-0.1, -0.05) is 38.1 Å². The summed E-state index contributed by atoms with van der Waals surface area (Å²) in [6.07, 6.45) is 7.11. The quantitative estimate of drug-likeness (QED) is 0.287. The molecule has 0 unspecified atom stereocenters. The number of pyridine rings is 1. The van der Waals surface area contributed by atoms with Gasteiger partial charge in [-0.2, -0.15) is 0 Å². The second-order valence-corrected chi connectivity index (χ2v) is 11.8. The molecule has 0 saturated heterocycles. The van der Waals surface area contributed by atoms with Crippen molar-refractivity contribution in [2.45, 2.75) is 71.3 Å². The van der Waals surface area contributed by atoms with Crippen LogP contribution < -0.4 is 15.4 Å². The molecule has 1 amide bonds. The highest BCUT2D eigenvalue weighted by Crippen LogP contribution is 2.44. The van der Waals surface area contributed by atoms with E-state index in [2.05, 4.69) is 41.5 Å². The molecule has 3 N–H and O–H groups in total. The molecule has 39 heavy (non-hydrogen) atoms. The maximum Gasteiger partial charge on any atom is 0.326 e. The number of aryl methyl sites for hydroxylation is 2. The van der Waals surface area contributed by atoms with Crippen molar-refractivity contribution in [1.82, 2.24) is 15.2 Å². The number of nitrogens with zero attached hydrogens (tertiary/aromatic N) is 2. The molecule has 1 aliphatic heterocycles. The Morgan fingerprint density at radius 3 is 2.67 bits per heavy atom. The molecule has 1 fully saturated rings. The monoisotopic (exact) mass is 536 g/mol. The zero-order valence-electron chi connectivity index (χ0n) is 23.5. The number of carbonyl (C=O) groups is 2. The van der Waals surface area contributed by atoms with E-state index >= 15 is 0 Å². The number of hydrogen-bond donors (Lipinski definition) is 3. The summed E-state index contributed by atoms with van der Waals surface area (Å²) in [5.41, 5.74) is 2.58. The number of fused-ring (bicyclic) bond motifs is 1. The van der Waals surface area contributed by atoms with Crippen LogP contribution in [0.1, 0.15) is 63.6 Å². The first-order valence-electron chi connectivity index (χ1n) is 14.5. The SMILES string of the molecule is CC1(C)CC(C(=O)N[C@@H](CCN(CCCCc2ccc3c(n2)NCCC3)CCOc2ccccc2)C(=O)O)C1. The Hall–Kier alpha value is -3.13. The Kier molecular flexibility index (Phi) is 10.2. The Balaban J connectivity index is 1.26. The van der Waals surface area contributed by atoms with Gasteiger partial charge in [-0.05, 0) is 87.1 Å². The molecule has 0 spiro atoms. The van der Waals surface area contributed by atoms with E-state index in [1.807, 2.05) is 30.3 Å². The highest BCUT2D eigenvalue weighted by atomic mass is 16.5. The topological polar surface area (TPSA) is 104 Å². The van der Waals surface area contributed by atoms with Crippen molar-refractivity contribution in [3.05, 3.63) is 53.7 Å². The van der Waals surface area contributed by atoms with Crippen LogP contribution >= 0.6 is 0 Å². The molecular weight excluding hydrogens is 492 g/mol. The third-order valence-electron chi connectivity index (χ3n) is 7.85. The number of rotatable bonds is 15. The fourth-order valence-electron chi connectivity index (χ4n) is 5.61. The fourth-order valence-corrected chi connectivity index (χ4v) is 5.61. The van der Waals surface area contributed by atoms with Gasteiger partial charge in [0.25, 0.3) is 0 Å². The first kappa shape index (κ1) is 28.9. The van der Waals surface area contributed by atoms with Crippen molar-refractivity contribution < 1.29 is 19.4 Å². The van der Waals surface area contributed by atoms with E-state index in [1.165, 1.54) is 5.56 Å². The lowest BCUT2D eigenvalue weighted by atomic mass is 9.64. The molecular formula is C31H44N4O4. The number of unbranched alkanes of at least 4 members (excludes halogenated alkanes) is 1. The summed E-state index contributed by atoms with van der Waals surface area (Å²) in [4.78, 5) is 31.6. The largest absolute Gasteiger partial charge is 0.492 e. The maximum absolute atomic E-state index is 12.6. The zero-order chi connectivity index (χ0) is 27.7. The van der Waals surface area contributed by atoms with E-state index in [1.54, 1.807) is 0 Å². The third kappa shape index (κ3) is 8.95. The van der Waals surface area contributed by atoms with Crippen LogP contribution in [-0.4, -0.2) is 65.7 Å². The van der Waals surface area contributed by atoms with Crippen molar-refractivity contribution in [3.8, 4) is 5.75 Å². The predicted octanol–water partition coefficient (Wildman–Crippen LogP) is 4.54. The normalized spacial score (nSPS) is 17.0. The number of amides is 1. The van der Waals surface area contributed by atoms with E-state index in [0.717, 1.165) is 75.3 Å². The first-order valence-corrected chi connectivity index (χ1v) is 14.5. The van der Waals surface area contributed by atoms with E-state index in [4.69, 9.17) is 9.72 Å². The van der Waals surface area contributed by atoms with E-state index in [0.29, 0.717) is 26.1 Å². The summed E-state index contributed by atoms with van der Waals surface area (Å²) in [7, 11) is 0. The maximum atomic E-state index is 12.6. The van der Waals surface area contributed by atoms with Gasteiger partial charge in [-0.25, -0.2) is 9.78 Å². The van der Waals surface area contributed by atoms with Crippen LogP contribution in [0.25, 0.3) is 0 Å². The summed E-state index contributed by atoms with van der Waals surface area (Å²) in [5, 5.41) is 16.0. The Morgan fingerprint density at radius 2 is 1.92 bits per heavy atom. The van der Waals surface area contributed by atoms with Crippen molar-refractivity contribution in [2.24, 2.45) is 11.3 Å². The number of benzene rings is 1. The average Bonchev–Trinajstić information content (AvgIpc) is 2.91. The molecule has 8 heteroatoms. The predicted molar refractivity (Wildman–Crippen MR) is 153 cm³/mol. The van der Waals surface area contributed by atoms with Gasteiger partial charge in [-0.3, -0.25) is 9.69 Å². The van der Waals surface area contributed by atoms with Gasteiger partial charge in [0.15, 0.2) is 0 Å².